The van der Waals surface area contributed by atoms with Crippen molar-refractivity contribution in [1.82, 2.24) is 10.2 Å². The lowest BCUT2D eigenvalue weighted by Crippen LogP contribution is -2.37. The summed E-state index contributed by atoms with van der Waals surface area (Å²) in [4.78, 5) is 38.4. The third-order valence-electron chi connectivity index (χ3n) is 5.70. The third kappa shape index (κ3) is 2.88. The summed E-state index contributed by atoms with van der Waals surface area (Å²) < 4.78 is 0. The molecule has 0 unspecified atom stereocenters. The zero-order valence-electron chi connectivity index (χ0n) is 14.1. The number of amides is 3. The number of imide groups is 1. The van der Waals surface area contributed by atoms with Gasteiger partial charge in [0, 0.05) is 19.5 Å². The van der Waals surface area contributed by atoms with Crippen molar-refractivity contribution in [3.8, 4) is 0 Å². The van der Waals surface area contributed by atoms with Gasteiger partial charge in [0.25, 0.3) is 0 Å². The summed E-state index contributed by atoms with van der Waals surface area (Å²) in [5.41, 5.74) is 1.17. The number of nitrogens with zero attached hydrogens (tertiary/aromatic N) is 1. The molecule has 1 aromatic rings. The topological polar surface area (TPSA) is 66.5 Å². The van der Waals surface area contributed by atoms with E-state index in [9.17, 15) is 14.4 Å². The first kappa shape index (κ1) is 16.1. The smallest absolute Gasteiger partial charge is 0.233 e. The number of nitrogens with one attached hydrogen (secondary N) is 1. The number of rotatable bonds is 6. The van der Waals surface area contributed by atoms with Crippen molar-refractivity contribution in [2.45, 2.75) is 19.3 Å². The zero-order chi connectivity index (χ0) is 17.4. The van der Waals surface area contributed by atoms with E-state index in [0.717, 1.165) is 12.8 Å². The molecule has 2 fully saturated rings. The second-order valence-electron chi connectivity index (χ2n) is 7.16. The minimum absolute atomic E-state index is 0.0797. The first-order valence-electron chi connectivity index (χ1n) is 8.99. The molecule has 1 saturated carbocycles. The molecule has 4 rings (SSSR count). The molecule has 1 saturated heterocycles. The Hall–Kier alpha value is -2.43. The van der Waals surface area contributed by atoms with Crippen LogP contribution in [0.1, 0.15) is 18.4 Å². The van der Waals surface area contributed by atoms with Crippen LogP contribution in [-0.2, 0) is 20.8 Å². The monoisotopic (exact) mass is 338 g/mol. The molecule has 2 bridgehead atoms. The molecule has 1 aromatic carbocycles. The number of carbonyl (C=O) groups is 3. The molecule has 0 radical (unpaired) electrons. The molecule has 5 heteroatoms. The Morgan fingerprint density at radius 3 is 2.32 bits per heavy atom. The van der Waals surface area contributed by atoms with Crippen molar-refractivity contribution >= 4 is 17.7 Å². The molecule has 0 spiro atoms. The van der Waals surface area contributed by atoms with Crippen LogP contribution in [0.15, 0.2) is 42.5 Å². The molecule has 1 N–H and O–H groups in total. The molecule has 3 aliphatic rings. The lowest BCUT2D eigenvalue weighted by Gasteiger charge is -2.16. The quantitative estimate of drug-likeness (QED) is 0.632. The Morgan fingerprint density at radius 2 is 1.68 bits per heavy atom. The van der Waals surface area contributed by atoms with Gasteiger partial charge in [-0.2, -0.15) is 0 Å². The van der Waals surface area contributed by atoms with Crippen LogP contribution >= 0.6 is 0 Å². The van der Waals surface area contributed by atoms with Gasteiger partial charge < -0.3 is 5.32 Å². The van der Waals surface area contributed by atoms with Crippen LogP contribution in [0.25, 0.3) is 0 Å². The van der Waals surface area contributed by atoms with E-state index in [2.05, 4.69) is 17.5 Å². The Balaban J connectivity index is 1.25. The molecule has 1 heterocycles. The number of hydrogen-bond donors (Lipinski definition) is 1. The van der Waals surface area contributed by atoms with Crippen molar-refractivity contribution in [3.05, 3.63) is 48.0 Å². The van der Waals surface area contributed by atoms with Gasteiger partial charge in [0.2, 0.25) is 17.7 Å². The fourth-order valence-electron chi connectivity index (χ4n) is 4.48. The first-order chi connectivity index (χ1) is 12.1. The number of fused-ring (bicyclic) bond motifs is 5. The highest BCUT2D eigenvalue weighted by Gasteiger charge is 2.58. The van der Waals surface area contributed by atoms with E-state index in [0.29, 0.717) is 6.54 Å². The fourth-order valence-corrected chi connectivity index (χ4v) is 4.48. The highest BCUT2D eigenvalue weighted by atomic mass is 16.2. The van der Waals surface area contributed by atoms with Crippen molar-refractivity contribution in [1.29, 1.82) is 0 Å². The van der Waals surface area contributed by atoms with E-state index < -0.39 is 0 Å². The van der Waals surface area contributed by atoms with Crippen LogP contribution in [0.5, 0.6) is 0 Å². The van der Waals surface area contributed by atoms with Gasteiger partial charge in [-0.3, -0.25) is 19.3 Å². The Morgan fingerprint density at radius 1 is 1.04 bits per heavy atom. The molecule has 1 aliphatic heterocycles. The zero-order valence-corrected chi connectivity index (χ0v) is 14.1. The van der Waals surface area contributed by atoms with Crippen LogP contribution < -0.4 is 5.32 Å². The van der Waals surface area contributed by atoms with Crippen molar-refractivity contribution in [3.63, 3.8) is 0 Å². The van der Waals surface area contributed by atoms with E-state index in [1.165, 1.54) is 10.5 Å². The van der Waals surface area contributed by atoms with Gasteiger partial charge in [-0.25, -0.2) is 0 Å². The molecule has 4 atom stereocenters. The second kappa shape index (κ2) is 6.47. The summed E-state index contributed by atoms with van der Waals surface area (Å²) in [6.45, 7) is 0.755. The van der Waals surface area contributed by atoms with Crippen LogP contribution in [-0.4, -0.2) is 35.7 Å². The van der Waals surface area contributed by atoms with Gasteiger partial charge in [-0.1, -0.05) is 42.5 Å². The van der Waals surface area contributed by atoms with Gasteiger partial charge in [-0.05, 0) is 30.2 Å². The number of benzene rings is 1. The summed E-state index contributed by atoms with van der Waals surface area (Å²) in [6, 6.07) is 9.95. The Kier molecular flexibility index (Phi) is 4.15. The Labute approximate surface area is 147 Å². The number of allylic oxidation sites excluding steroid dienone is 2. The van der Waals surface area contributed by atoms with Crippen LogP contribution in [0.2, 0.25) is 0 Å². The molecule has 0 aromatic heterocycles. The largest absolute Gasteiger partial charge is 0.356 e. The van der Waals surface area contributed by atoms with E-state index in [-0.39, 0.29) is 54.4 Å². The van der Waals surface area contributed by atoms with Gasteiger partial charge >= 0.3 is 0 Å². The fraction of sp³-hybridized carbons (Fsp3) is 0.450. The molecule has 5 nitrogen and oxygen atoms in total. The number of hydrogen-bond acceptors (Lipinski definition) is 3. The average Bonchev–Trinajstić information content (AvgIpc) is 3.29. The van der Waals surface area contributed by atoms with Crippen molar-refractivity contribution in [2.75, 3.05) is 13.1 Å². The summed E-state index contributed by atoms with van der Waals surface area (Å²) in [6.07, 6.45) is 6.04. The number of carbonyl (C=O) groups excluding carboxylic acids is 3. The summed E-state index contributed by atoms with van der Waals surface area (Å²) in [5.74, 6) is -0.192. The first-order valence-corrected chi connectivity index (χ1v) is 8.99. The second-order valence-corrected chi connectivity index (χ2v) is 7.16. The molecular weight excluding hydrogens is 316 g/mol. The lowest BCUT2D eigenvalue weighted by molar-refractivity contribution is -0.141. The predicted molar refractivity (Wildman–Crippen MR) is 92.2 cm³/mol. The summed E-state index contributed by atoms with van der Waals surface area (Å²) in [7, 11) is 0. The van der Waals surface area contributed by atoms with Crippen LogP contribution in [0.4, 0.5) is 0 Å². The number of likely N-dealkylation sites (tertiary alicyclic amines) is 1. The highest BCUT2D eigenvalue weighted by Crippen LogP contribution is 2.52. The van der Waals surface area contributed by atoms with Gasteiger partial charge in [-0.15, -0.1) is 0 Å². The van der Waals surface area contributed by atoms with Crippen molar-refractivity contribution in [2.24, 2.45) is 23.7 Å². The summed E-state index contributed by atoms with van der Waals surface area (Å²) >= 11 is 0. The lowest BCUT2D eigenvalue weighted by atomic mass is 9.85. The molecular formula is C20H22N2O3. The maximum Gasteiger partial charge on any atom is 0.233 e. The van der Waals surface area contributed by atoms with E-state index in [1.807, 2.05) is 30.3 Å². The maximum atomic E-state index is 12.5. The molecule has 130 valence electrons. The highest BCUT2D eigenvalue weighted by molar-refractivity contribution is 6.06. The molecule has 3 amide bonds. The van der Waals surface area contributed by atoms with Gasteiger partial charge in [0.15, 0.2) is 0 Å². The third-order valence-corrected chi connectivity index (χ3v) is 5.70. The standard InChI is InChI=1S/C20H22N2O3/c23-16(21-10-8-13-4-2-1-3-5-13)9-11-22-19(24)17-14-6-7-15(12-14)18(17)20(22)25/h1-7,14-15,17-18H,8-12H2,(H,21,23)/t14-,15-,17+,18+/m0/s1. The SMILES string of the molecule is O=C(CCN1C(=O)[C@H]2[C@H](C1=O)[C@H]1C=C[C@H]2C1)NCCc1ccccc1. The van der Waals surface area contributed by atoms with Crippen molar-refractivity contribution < 1.29 is 14.4 Å². The normalized spacial score (nSPS) is 29.4. The van der Waals surface area contributed by atoms with E-state index in [4.69, 9.17) is 0 Å². The average molecular weight is 338 g/mol. The maximum absolute atomic E-state index is 12.5. The van der Waals surface area contributed by atoms with E-state index in [1.54, 1.807) is 0 Å². The minimum atomic E-state index is -0.177. The van der Waals surface area contributed by atoms with Crippen LogP contribution in [0, 0.1) is 23.7 Å². The predicted octanol–water partition coefficient (Wildman–Crippen LogP) is 1.54. The molecule has 2 aliphatic carbocycles. The van der Waals surface area contributed by atoms with Gasteiger partial charge in [0.05, 0.1) is 11.8 Å². The molecule has 25 heavy (non-hydrogen) atoms. The summed E-state index contributed by atoms with van der Waals surface area (Å²) in [5, 5.41) is 2.86. The Bertz CT molecular complexity index is 698. The van der Waals surface area contributed by atoms with Gasteiger partial charge in [0.1, 0.15) is 0 Å². The minimum Gasteiger partial charge on any atom is -0.356 e. The van der Waals surface area contributed by atoms with Crippen LogP contribution in [0.3, 0.4) is 0 Å². The van der Waals surface area contributed by atoms with E-state index >= 15 is 0 Å².